The number of urea groups is 1. The molecule has 1 heterocycles. The molecule has 1 aromatic rings. The fourth-order valence-electron chi connectivity index (χ4n) is 1.85. The van der Waals surface area contributed by atoms with Crippen LogP contribution in [0.15, 0.2) is 43.0 Å². The number of benzene rings is 1. The molecular formula is C13H14N2O2. The van der Waals surface area contributed by atoms with Crippen molar-refractivity contribution in [2.45, 2.75) is 6.54 Å². The van der Waals surface area contributed by atoms with Crippen molar-refractivity contribution in [2.75, 3.05) is 13.1 Å². The van der Waals surface area contributed by atoms with E-state index in [-0.39, 0.29) is 11.9 Å². The van der Waals surface area contributed by atoms with E-state index in [0.717, 1.165) is 5.56 Å². The Hall–Kier alpha value is -2.10. The summed E-state index contributed by atoms with van der Waals surface area (Å²) in [6, 6.07) is 9.49. The van der Waals surface area contributed by atoms with Crippen LogP contribution in [-0.2, 0) is 11.3 Å². The van der Waals surface area contributed by atoms with Gasteiger partial charge in [0.1, 0.15) is 0 Å². The smallest absolute Gasteiger partial charge is 0.318 e. The lowest BCUT2D eigenvalue weighted by atomic mass is 10.2. The highest BCUT2D eigenvalue weighted by Crippen LogP contribution is 2.13. The predicted molar refractivity (Wildman–Crippen MR) is 64.2 cm³/mol. The first kappa shape index (κ1) is 11.4. The molecule has 0 radical (unpaired) electrons. The lowest BCUT2D eigenvalue weighted by molar-refractivity contribution is -0.122. The summed E-state index contributed by atoms with van der Waals surface area (Å²) in [5.74, 6) is -0.328. The Balaban J connectivity index is 2.03. The maximum absolute atomic E-state index is 11.9. The molecule has 3 amide bonds. The highest BCUT2D eigenvalue weighted by Gasteiger charge is 2.31. The topological polar surface area (TPSA) is 40.6 Å². The van der Waals surface area contributed by atoms with E-state index in [1.165, 1.54) is 11.0 Å². The first-order valence-electron chi connectivity index (χ1n) is 5.49. The first-order chi connectivity index (χ1) is 8.22. The minimum atomic E-state index is -0.328. The van der Waals surface area contributed by atoms with Crippen molar-refractivity contribution in [2.24, 2.45) is 0 Å². The van der Waals surface area contributed by atoms with Crippen molar-refractivity contribution in [1.29, 1.82) is 0 Å². The van der Waals surface area contributed by atoms with Crippen LogP contribution < -0.4 is 0 Å². The number of carbonyl (C=O) groups excluding carboxylic acids is 2. The molecule has 0 aromatic heterocycles. The highest BCUT2D eigenvalue weighted by atomic mass is 16.2. The fraction of sp³-hybridized carbons (Fsp3) is 0.231. The Morgan fingerprint density at radius 3 is 2.65 bits per heavy atom. The van der Waals surface area contributed by atoms with Crippen molar-refractivity contribution in [3.63, 3.8) is 0 Å². The molecule has 0 saturated carbocycles. The second-order valence-electron chi connectivity index (χ2n) is 3.88. The van der Waals surface area contributed by atoms with Gasteiger partial charge in [-0.25, -0.2) is 4.79 Å². The van der Waals surface area contributed by atoms with Gasteiger partial charge in [0.05, 0.1) is 0 Å². The van der Waals surface area contributed by atoms with Gasteiger partial charge in [-0.1, -0.05) is 36.9 Å². The van der Waals surface area contributed by atoms with E-state index in [2.05, 4.69) is 6.58 Å². The average Bonchev–Trinajstić information content (AvgIpc) is 2.72. The zero-order valence-electron chi connectivity index (χ0n) is 9.50. The van der Waals surface area contributed by atoms with E-state index in [9.17, 15) is 9.59 Å². The molecule has 4 heteroatoms. The third-order valence-electron chi connectivity index (χ3n) is 2.75. The number of hydrogen-bond acceptors (Lipinski definition) is 2. The largest absolute Gasteiger partial charge is 0.327 e. The maximum Gasteiger partial charge on any atom is 0.327 e. The van der Waals surface area contributed by atoms with E-state index < -0.39 is 0 Å². The van der Waals surface area contributed by atoms with Crippen LogP contribution in [0.2, 0.25) is 0 Å². The molecule has 88 valence electrons. The summed E-state index contributed by atoms with van der Waals surface area (Å²) in [4.78, 5) is 26.2. The number of imide groups is 1. The van der Waals surface area contributed by atoms with Crippen molar-refractivity contribution >= 4 is 11.9 Å². The van der Waals surface area contributed by atoms with Gasteiger partial charge in [0.2, 0.25) is 0 Å². The van der Waals surface area contributed by atoms with Crippen LogP contribution in [0, 0.1) is 0 Å². The lowest BCUT2D eigenvalue weighted by Crippen LogP contribution is -2.34. The third kappa shape index (κ3) is 2.36. The minimum Gasteiger partial charge on any atom is -0.318 e. The van der Waals surface area contributed by atoms with Crippen LogP contribution in [0.1, 0.15) is 5.56 Å². The highest BCUT2D eigenvalue weighted by molar-refractivity contribution is 6.01. The summed E-state index contributed by atoms with van der Waals surface area (Å²) in [7, 11) is 0. The molecule has 1 aliphatic rings. The number of rotatable bonds is 3. The molecule has 1 fully saturated rings. The Bertz CT molecular complexity index is 442. The molecule has 17 heavy (non-hydrogen) atoms. The molecule has 1 saturated heterocycles. The van der Waals surface area contributed by atoms with E-state index >= 15 is 0 Å². The zero-order valence-corrected chi connectivity index (χ0v) is 9.50. The lowest BCUT2D eigenvalue weighted by Gasteiger charge is -2.16. The predicted octanol–water partition coefficient (Wildman–Crippen LogP) is 1.64. The van der Waals surface area contributed by atoms with Gasteiger partial charge in [-0.2, -0.15) is 0 Å². The SMILES string of the molecule is C=CC(=O)N1CCN(Cc2ccccc2)C1=O. The van der Waals surface area contributed by atoms with Gasteiger partial charge in [-0.3, -0.25) is 9.69 Å². The number of nitrogens with zero attached hydrogens (tertiary/aromatic N) is 2. The van der Waals surface area contributed by atoms with Crippen LogP contribution in [0.25, 0.3) is 0 Å². The van der Waals surface area contributed by atoms with E-state index in [4.69, 9.17) is 0 Å². The summed E-state index contributed by atoms with van der Waals surface area (Å²) in [6.07, 6.45) is 1.17. The Labute approximate surface area is 100 Å². The summed E-state index contributed by atoms with van der Waals surface area (Å²) < 4.78 is 0. The Kier molecular flexibility index (Phi) is 3.23. The van der Waals surface area contributed by atoms with Gasteiger partial charge in [-0.05, 0) is 11.6 Å². The van der Waals surface area contributed by atoms with Crippen molar-refractivity contribution < 1.29 is 9.59 Å². The van der Waals surface area contributed by atoms with Gasteiger partial charge >= 0.3 is 6.03 Å². The molecule has 0 bridgehead atoms. The van der Waals surface area contributed by atoms with Crippen LogP contribution in [0.4, 0.5) is 4.79 Å². The van der Waals surface area contributed by atoms with Crippen molar-refractivity contribution in [3.8, 4) is 0 Å². The number of hydrogen-bond donors (Lipinski definition) is 0. The van der Waals surface area contributed by atoms with Crippen LogP contribution >= 0.6 is 0 Å². The second kappa shape index (κ2) is 4.82. The van der Waals surface area contributed by atoms with Gasteiger partial charge < -0.3 is 4.90 Å². The Morgan fingerprint density at radius 1 is 1.29 bits per heavy atom. The summed E-state index contributed by atoms with van der Waals surface area (Å²) >= 11 is 0. The van der Waals surface area contributed by atoms with Gasteiger partial charge in [-0.15, -0.1) is 0 Å². The molecular weight excluding hydrogens is 216 g/mol. The average molecular weight is 230 g/mol. The van der Waals surface area contributed by atoms with E-state index in [1.807, 2.05) is 30.3 Å². The van der Waals surface area contributed by atoms with Gasteiger partial charge in [0.15, 0.2) is 0 Å². The maximum atomic E-state index is 11.9. The van der Waals surface area contributed by atoms with Gasteiger partial charge in [0.25, 0.3) is 5.91 Å². The minimum absolute atomic E-state index is 0.237. The zero-order chi connectivity index (χ0) is 12.3. The third-order valence-corrected chi connectivity index (χ3v) is 2.75. The van der Waals surface area contributed by atoms with Gasteiger partial charge in [0, 0.05) is 19.6 Å². The van der Waals surface area contributed by atoms with Crippen LogP contribution in [0.5, 0.6) is 0 Å². The van der Waals surface area contributed by atoms with Crippen LogP contribution in [-0.4, -0.2) is 34.8 Å². The summed E-state index contributed by atoms with van der Waals surface area (Å²) in [6.45, 7) is 4.95. The van der Waals surface area contributed by atoms with E-state index in [0.29, 0.717) is 19.6 Å². The molecule has 0 atom stereocenters. The normalized spacial score (nSPS) is 15.2. The molecule has 1 aromatic carbocycles. The summed E-state index contributed by atoms with van der Waals surface area (Å²) in [5, 5.41) is 0. The monoisotopic (exact) mass is 230 g/mol. The molecule has 0 N–H and O–H groups in total. The molecule has 4 nitrogen and oxygen atoms in total. The standard InChI is InChI=1S/C13H14N2O2/c1-2-12(16)15-9-8-14(13(15)17)10-11-6-4-3-5-7-11/h2-7H,1,8-10H2. The second-order valence-corrected chi connectivity index (χ2v) is 3.88. The van der Waals surface area contributed by atoms with Crippen molar-refractivity contribution in [1.82, 2.24) is 9.80 Å². The number of carbonyl (C=O) groups is 2. The molecule has 0 spiro atoms. The molecule has 2 rings (SSSR count). The van der Waals surface area contributed by atoms with E-state index in [1.54, 1.807) is 4.90 Å². The van der Waals surface area contributed by atoms with Crippen LogP contribution in [0.3, 0.4) is 0 Å². The number of amides is 3. The summed E-state index contributed by atoms with van der Waals surface area (Å²) in [5.41, 5.74) is 1.06. The van der Waals surface area contributed by atoms with Crippen molar-refractivity contribution in [3.05, 3.63) is 48.6 Å². The quantitative estimate of drug-likeness (QED) is 0.740. The fourth-order valence-corrected chi connectivity index (χ4v) is 1.85. The molecule has 1 aliphatic heterocycles. The first-order valence-corrected chi connectivity index (χ1v) is 5.49. The molecule has 0 aliphatic carbocycles. The Morgan fingerprint density at radius 2 is 2.00 bits per heavy atom. The molecule has 0 unspecified atom stereocenters.